The zero-order chi connectivity index (χ0) is 31.9. The average molecular weight is 622 g/mol. The van der Waals surface area contributed by atoms with E-state index in [0.29, 0.717) is 12.5 Å². The number of hydrogen-bond acceptors (Lipinski definition) is 4. The Kier molecular flexibility index (Phi) is 29.1. The number of carbonyl (C=O) groups excluding carboxylic acids is 1. The van der Waals surface area contributed by atoms with Gasteiger partial charge in [-0.3, -0.25) is 9.69 Å². The van der Waals surface area contributed by atoms with E-state index in [9.17, 15) is 4.79 Å². The number of methoxy groups -OCH3 is 1. The van der Waals surface area contributed by atoms with E-state index >= 15 is 0 Å². The summed E-state index contributed by atoms with van der Waals surface area (Å²) in [6.07, 6.45) is 32.0. The maximum atomic E-state index is 13.5. The molecule has 0 bridgehead atoms. The number of unbranched alkanes of at least 4 members (excludes halogenated alkanes) is 18. The van der Waals surface area contributed by atoms with Crippen LogP contribution in [0.3, 0.4) is 0 Å². The van der Waals surface area contributed by atoms with Gasteiger partial charge < -0.3 is 14.5 Å². The number of likely N-dealkylation sites (tertiary alicyclic amines) is 1. The van der Waals surface area contributed by atoms with E-state index in [4.69, 9.17) is 4.74 Å². The van der Waals surface area contributed by atoms with Crippen LogP contribution in [0.15, 0.2) is 0 Å². The number of carbonyl (C=O) groups is 1. The molecule has 1 aliphatic rings. The summed E-state index contributed by atoms with van der Waals surface area (Å²) in [6.45, 7) is 15.9. The highest BCUT2D eigenvalue weighted by Crippen LogP contribution is 2.21. The summed E-state index contributed by atoms with van der Waals surface area (Å²) in [4.78, 5) is 20.9. The second-order valence-electron chi connectivity index (χ2n) is 14.1. The van der Waals surface area contributed by atoms with Gasteiger partial charge in [0.2, 0.25) is 5.91 Å². The highest BCUT2D eigenvalue weighted by Gasteiger charge is 2.24. The Morgan fingerprint density at radius 2 is 0.955 bits per heavy atom. The van der Waals surface area contributed by atoms with E-state index in [1.807, 2.05) is 0 Å². The summed E-state index contributed by atoms with van der Waals surface area (Å²) in [5.41, 5.74) is 0. The molecule has 5 heteroatoms. The van der Waals surface area contributed by atoms with Gasteiger partial charge >= 0.3 is 0 Å². The van der Waals surface area contributed by atoms with E-state index < -0.39 is 0 Å². The lowest BCUT2D eigenvalue weighted by Crippen LogP contribution is -2.46. The molecule has 1 heterocycles. The summed E-state index contributed by atoms with van der Waals surface area (Å²) in [5, 5.41) is 0. The van der Waals surface area contributed by atoms with Gasteiger partial charge in [0.15, 0.2) is 0 Å². The summed E-state index contributed by atoms with van der Waals surface area (Å²) < 4.78 is 5.30. The predicted octanol–water partition coefficient (Wildman–Crippen LogP) is 10.1. The standard InChI is InChI=1S/C39H79N3O2/c1-5-8-11-14-17-20-23-29-40(30-24-21-18-15-12-9-6-2)34-35-41(31-25-22-19-16-13-10-7-3)37-39(43)42-32-26-38(27-33-42)28-36-44-4/h38H,5-37H2,1-4H3. The molecule has 262 valence electrons. The fourth-order valence-electron chi connectivity index (χ4n) is 6.81. The molecule has 0 aromatic carbocycles. The van der Waals surface area contributed by atoms with Crippen molar-refractivity contribution in [1.82, 2.24) is 14.7 Å². The van der Waals surface area contributed by atoms with Crippen molar-refractivity contribution in [2.24, 2.45) is 5.92 Å². The van der Waals surface area contributed by atoms with Gasteiger partial charge in [0, 0.05) is 39.9 Å². The summed E-state index contributed by atoms with van der Waals surface area (Å²) in [6, 6.07) is 0. The van der Waals surface area contributed by atoms with Gasteiger partial charge in [0.05, 0.1) is 6.54 Å². The molecule has 1 aliphatic heterocycles. The van der Waals surface area contributed by atoms with Gasteiger partial charge in [0.25, 0.3) is 0 Å². The monoisotopic (exact) mass is 622 g/mol. The lowest BCUT2D eigenvalue weighted by atomic mass is 9.94. The number of nitrogens with zero attached hydrogens (tertiary/aromatic N) is 3. The van der Waals surface area contributed by atoms with Gasteiger partial charge in [-0.1, -0.05) is 136 Å². The summed E-state index contributed by atoms with van der Waals surface area (Å²) in [7, 11) is 1.79. The van der Waals surface area contributed by atoms with Crippen LogP contribution in [0.4, 0.5) is 0 Å². The molecule has 44 heavy (non-hydrogen) atoms. The molecule has 0 N–H and O–H groups in total. The van der Waals surface area contributed by atoms with Crippen LogP contribution in [0, 0.1) is 5.92 Å². The summed E-state index contributed by atoms with van der Waals surface area (Å²) in [5.74, 6) is 1.08. The predicted molar refractivity (Wildman–Crippen MR) is 193 cm³/mol. The first-order chi connectivity index (χ1) is 21.6. The van der Waals surface area contributed by atoms with E-state index in [1.165, 1.54) is 148 Å². The lowest BCUT2D eigenvalue weighted by molar-refractivity contribution is -0.134. The van der Waals surface area contributed by atoms with Crippen molar-refractivity contribution in [2.75, 3.05) is 66.1 Å². The Bertz CT molecular complexity index is 590. The second kappa shape index (κ2) is 31.0. The molecule has 1 rings (SSSR count). The molecule has 1 amide bonds. The molecule has 1 fully saturated rings. The van der Waals surface area contributed by atoms with Crippen LogP contribution < -0.4 is 0 Å². The van der Waals surface area contributed by atoms with Crippen LogP contribution in [-0.4, -0.2) is 86.7 Å². The fraction of sp³-hybridized carbons (Fsp3) is 0.974. The van der Waals surface area contributed by atoms with E-state index in [-0.39, 0.29) is 0 Å². The maximum Gasteiger partial charge on any atom is 0.236 e. The summed E-state index contributed by atoms with van der Waals surface area (Å²) >= 11 is 0. The van der Waals surface area contributed by atoms with Crippen molar-refractivity contribution < 1.29 is 9.53 Å². The molecular weight excluding hydrogens is 542 g/mol. The van der Waals surface area contributed by atoms with Crippen LogP contribution in [0.1, 0.15) is 175 Å². The highest BCUT2D eigenvalue weighted by atomic mass is 16.5. The Labute approximate surface area is 276 Å². The maximum absolute atomic E-state index is 13.5. The van der Waals surface area contributed by atoms with Gasteiger partial charge in [-0.2, -0.15) is 0 Å². The molecule has 0 aliphatic carbocycles. The first kappa shape index (κ1) is 41.4. The van der Waals surface area contributed by atoms with Crippen LogP contribution in [0.2, 0.25) is 0 Å². The zero-order valence-electron chi connectivity index (χ0n) is 30.6. The van der Waals surface area contributed by atoms with Gasteiger partial charge in [0.1, 0.15) is 0 Å². The average Bonchev–Trinajstić information content (AvgIpc) is 3.04. The molecule has 0 aromatic rings. The molecular formula is C39H79N3O2. The second-order valence-corrected chi connectivity index (χ2v) is 14.1. The van der Waals surface area contributed by atoms with Crippen molar-refractivity contribution in [1.29, 1.82) is 0 Å². The van der Waals surface area contributed by atoms with Crippen LogP contribution in [0.5, 0.6) is 0 Å². The smallest absolute Gasteiger partial charge is 0.236 e. The number of hydrogen-bond donors (Lipinski definition) is 0. The minimum absolute atomic E-state index is 0.365. The van der Waals surface area contributed by atoms with Crippen molar-refractivity contribution in [3.8, 4) is 0 Å². The molecule has 0 unspecified atom stereocenters. The lowest BCUT2D eigenvalue weighted by Gasteiger charge is -2.34. The van der Waals surface area contributed by atoms with E-state index in [0.717, 1.165) is 64.5 Å². The molecule has 0 radical (unpaired) electrons. The van der Waals surface area contributed by atoms with Crippen molar-refractivity contribution in [3.63, 3.8) is 0 Å². The van der Waals surface area contributed by atoms with Crippen molar-refractivity contribution >= 4 is 5.91 Å². The molecule has 0 atom stereocenters. The quantitative estimate of drug-likeness (QED) is 0.0700. The van der Waals surface area contributed by atoms with Crippen LogP contribution in [0.25, 0.3) is 0 Å². The van der Waals surface area contributed by atoms with E-state index in [2.05, 4.69) is 35.5 Å². The number of ether oxygens (including phenoxy) is 1. The molecule has 0 spiro atoms. The molecule has 1 saturated heterocycles. The first-order valence-corrected chi connectivity index (χ1v) is 19.9. The van der Waals surface area contributed by atoms with Crippen molar-refractivity contribution in [3.05, 3.63) is 0 Å². The Morgan fingerprint density at radius 1 is 0.568 bits per heavy atom. The molecule has 0 aromatic heterocycles. The van der Waals surface area contributed by atoms with Gasteiger partial charge in [-0.25, -0.2) is 0 Å². The van der Waals surface area contributed by atoms with E-state index in [1.54, 1.807) is 7.11 Å². The third-order valence-electron chi connectivity index (χ3n) is 10.0. The Hall–Kier alpha value is -0.650. The van der Waals surface area contributed by atoms with Crippen LogP contribution in [-0.2, 0) is 9.53 Å². The number of piperidine rings is 1. The van der Waals surface area contributed by atoms with Gasteiger partial charge in [-0.15, -0.1) is 0 Å². The minimum Gasteiger partial charge on any atom is -0.385 e. The minimum atomic E-state index is 0.365. The fourth-order valence-corrected chi connectivity index (χ4v) is 6.81. The topological polar surface area (TPSA) is 36.0 Å². The van der Waals surface area contributed by atoms with Crippen molar-refractivity contribution in [2.45, 2.75) is 175 Å². The Balaban J connectivity index is 2.61. The third-order valence-corrected chi connectivity index (χ3v) is 10.0. The number of amides is 1. The third kappa shape index (κ3) is 23.7. The molecule has 5 nitrogen and oxygen atoms in total. The zero-order valence-corrected chi connectivity index (χ0v) is 30.6. The first-order valence-electron chi connectivity index (χ1n) is 19.9. The highest BCUT2D eigenvalue weighted by molar-refractivity contribution is 5.78. The van der Waals surface area contributed by atoms with Gasteiger partial charge in [-0.05, 0) is 64.1 Å². The SMILES string of the molecule is CCCCCCCCCN(CCCCCCCCC)CCN(CCCCCCCCC)CC(=O)N1CCC(CCOC)CC1. The molecule has 0 saturated carbocycles. The van der Waals surface area contributed by atoms with Crippen LogP contribution >= 0.6 is 0 Å². The largest absolute Gasteiger partial charge is 0.385 e. The Morgan fingerprint density at radius 3 is 1.39 bits per heavy atom. The number of rotatable bonds is 32. The normalized spacial score (nSPS) is 14.4.